The zero-order valence-electron chi connectivity index (χ0n) is 18.6. The second-order valence-electron chi connectivity index (χ2n) is 9.44. The Morgan fingerprint density at radius 3 is 2.50 bits per heavy atom. The van der Waals surface area contributed by atoms with Gasteiger partial charge in [0.2, 0.25) is 5.75 Å². The summed E-state index contributed by atoms with van der Waals surface area (Å²) in [5.74, 6) is -1.16. The molecule has 0 amide bonds. The molecule has 2 aliphatic heterocycles. The second-order valence-corrected chi connectivity index (χ2v) is 9.44. The zero-order chi connectivity index (χ0) is 22.8. The summed E-state index contributed by atoms with van der Waals surface area (Å²) >= 11 is 0. The van der Waals surface area contributed by atoms with E-state index in [1.165, 1.54) is 5.56 Å². The lowest BCUT2D eigenvalue weighted by Gasteiger charge is -2.24. The van der Waals surface area contributed by atoms with Crippen molar-refractivity contribution in [2.24, 2.45) is 5.92 Å². The molecule has 6 nitrogen and oxygen atoms in total. The average Bonchev–Trinajstić information content (AvgIpc) is 2.97. The molecule has 0 saturated carbocycles. The summed E-state index contributed by atoms with van der Waals surface area (Å²) in [6.45, 7) is 5.21. The summed E-state index contributed by atoms with van der Waals surface area (Å²) in [5.41, 5.74) is 3.11. The molecule has 0 unspecified atom stereocenters. The first-order valence-electron chi connectivity index (χ1n) is 11.0. The van der Waals surface area contributed by atoms with Crippen molar-refractivity contribution in [2.45, 2.75) is 32.1 Å². The number of likely N-dealkylation sites (N-methyl/N-ethyl adjacent to an activating group) is 1. The lowest BCUT2D eigenvalue weighted by molar-refractivity contribution is -0.142. The number of hydrogen-bond donors (Lipinski definition) is 2. The van der Waals surface area contributed by atoms with E-state index in [9.17, 15) is 19.8 Å². The fourth-order valence-corrected chi connectivity index (χ4v) is 5.40. The van der Waals surface area contributed by atoms with Crippen molar-refractivity contribution in [3.8, 4) is 5.75 Å². The first-order chi connectivity index (χ1) is 15.2. The molecule has 0 aromatic heterocycles. The number of aliphatic carboxylic acids is 1. The Hall–Kier alpha value is -3.41. The van der Waals surface area contributed by atoms with E-state index in [4.69, 9.17) is 0 Å². The zero-order valence-corrected chi connectivity index (χ0v) is 18.6. The summed E-state index contributed by atoms with van der Waals surface area (Å²) in [5, 5.41) is 22.6. The number of carbonyl (C=O) groups is 1. The number of nitrogens with zero attached hydrogens (tertiary/aromatic N) is 2. The molecule has 0 aliphatic carbocycles. The van der Waals surface area contributed by atoms with Crippen LogP contribution in [-0.2, 0) is 10.2 Å². The van der Waals surface area contributed by atoms with Crippen LogP contribution in [0.3, 0.4) is 0 Å². The molecule has 2 N–H and O–H groups in total. The van der Waals surface area contributed by atoms with Crippen molar-refractivity contribution in [1.29, 1.82) is 0 Å². The van der Waals surface area contributed by atoms with Crippen molar-refractivity contribution in [3.63, 3.8) is 0 Å². The van der Waals surface area contributed by atoms with E-state index < -0.39 is 5.97 Å². The molecule has 3 aromatic carbocycles. The number of hydrogen-bond acceptors (Lipinski definition) is 4. The van der Waals surface area contributed by atoms with Gasteiger partial charge in [-0.15, -0.1) is 0 Å². The van der Waals surface area contributed by atoms with Crippen LogP contribution in [0.25, 0.3) is 16.8 Å². The molecule has 1 saturated heterocycles. The number of carboxylic acid groups (broad SMARTS) is 1. The topological polar surface area (TPSA) is 80.8 Å². The van der Waals surface area contributed by atoms with Crippen LogP contribution < -0.4 is 20.3 Å². The molecular formula is C26H27N2O4+. The number of anilines is 1. The molecule has 0 bridgehead atoms. The van der Waals surface area contributed by atoms with Crippen molar-refractivity contribution in [3.05, 3.63) is 68.8 Å². The van der Waals surface area contributed by atoms with Gasteiger partial charge in [-0.05, 0) is 17.0 Å². The van der Waals surface area contributed by atoms with Crippen molar-refractivity contribution < 1.29 is 15.0 Å². The molecule has 2 aliphatic rings. The molecule has 2 heterocycles. The Balaban J connectivity index is 1.56. The number of aromatic hydroxyl groups is 1. The summed E-state index contributed by atoms with van der Waals surface area (Å²) in [6, 6.07) is 12.5. The molecular weight excluding hydrogens is 404 g/mol. The van der Waals surface area contributed by atoms with E-state index in [0.29, 0.717) is 36.9 Å². The third kappa shape index (κ3) is 2.82. The smallest absolute Gasteiger partial charge is 0.306 e. The van der Waals surface area contributed by atoms with Crippen LogP contribution in [0.4, 0.5) is 5.69 Å². The lowest BCUT2D eigenvalue weighted by Crippen LogP contribution is -2.49. The number of piperidine rings is 1. The Morgan fingerprint density at radius 2 is 1.84 bits per heavy atom. The minimum Gasteiger partial charge on any atom is -0.502 e. The van der Waals surface area contributed by atoms with Crippen LogP contribution in [0.5, 0.6) is 5.75 Å². The predicted octanol–water partition coefficient (Wildman–Crippen LogP) is 2.82. The van der Waals surface area contributed by atoms with Gasteiger partial charge in [-0.3, -0.25) is 9.59 Å². The van der Waals surface area contributed by atoms with Crippen LogP contribution in [0, 0.1) is 5.92 Å². The monoisotopic (exact) mass is 431 g/mol. The molecule has 164 valence electrons. The van der Waals surface area contributed by atoms with Gasteiger partial charge in [-0.2, -0.15) is 0 Å². The van der Waals surface area contributed by atoms with Gasteiger partial charge in [0.1, 0.15) is 13.1 Å². The predicted molar refractivity (Wildman–Crippen MR) is 125 cm³/mol. The van der Waals surface area contributed by atoms with Gasteiger partial charge >= 0.3 is 5.97 Å². The fourth-order valence-electron chi connectivity index (χ4n) is 5.40. The van der Waals surface area contributed by atoms with Gasteiger partial charge in [0.15, 0.2) is 0 Å². The van der Waals surface area contributed by atoms with Crippen LogP contribution >= 0.6 is 0 Å². The van der Waals surface area contributed by atoms with Crippen LogP contribution in [0.1, 0.15) is 37.8 Å². The average molecular weight is 432 g/mol. The van der Waals surface area contributed by atoms with E-state index in [-0.39, 0.29) is 22.5 Å². The van der Waals surface area contributed by atoms with E-state index in [2.05, 4.69) is 43.0 Å². The first kappa shape index (κ1) is 20.5. The van der Waals surface area contributed by atoms with E-state index in [1.54, 1.807) is 0 Å². The highest BCUT2D eigenvalue weighted by atomic mass is 16.4. The van der Waals surface area contributed by atoms with E-state index in [1.807, 2.05) is 29.8 Å². The summed E-state index contributed by atoms with van der Waals surface area (Å²) < 4.78 is 1.82. The Morgan fingerprint density at radius 1 is 1.16 bits per heavy atom. The number of allylic oxidation sites excluding steroid dienone is 1. The highest BCUT2D eigenvalue weighted by Gasteiger charge is 2.40. The Bertz CT molecular complexity index is 1380. The standard InChI is InChI=1S/C26H26N2O4/c1-26(2)19-9-8-15-6-4-5-7-17(15)21(19)27(3)20(26)14-18-23(29)22(24(18)30)28-12-10-16(11-13-28)25(31)32/h4-9,14,16H,10-13H2,1-3H3,(H-,29,30,31,32)/p+1. The Labute approximate surface area is 186 Å². The molecule has 0 atom stereocenters. The quantitative estimate of drug-likeness (QED) is 0.610. The van der Waals surface area contributed by atoms with Gasteiger partial charge in [-0.25, -0.2) is 4.58 Å². The molecule has 3 aromatic rings. The maximum Gasteiger partial charge on any atom is 0.306 e. The Kier molecular flexibility index (Phi) is 4.52. The number of rotatable bonds is 2. The second kappa shape index (κ2) is 7.05. The molecule has 1 fully saturated rings. The SMILES string of the molecule is CN1C(=Cc2c(O)c(=[N+]3CCC(C(=O)O)CC3)c2=O)C(C)(C)c2ccc3ccccc3c21. The molecule has 6 heteroatoms. The van der Waals surface area contributed by atoms with Crippen molar-refractivity contribution in [2.75, 3.05) is 25.0 Å². The molecule has 32 heavy (non-hydrogen) atoms. The van der Waals surface area contributed by atoms with Crippen LogP contribution in [0.15, 0.2) is 46.9 Å². The third-order valence-electron chi connectivity index (χ3n) is 7.29. The normalized spacial score (nSPS) is 21.5. The van der Waals surface area contributed by atoms with Gasteiger partial charge in [0.25, 0.3) is 10.8 Å². The van der Waals surface area contributed by atoms with Crippen molar-refractivity contribution in [1.82, 2.24) is 4.58 Å². The molecule has 0 radical (unpaired) electrons. The van der Waals surface area contributed by atoms with Gasteiger partial charge in [-0.1, -0.05) is 50.2 Å². The maximum absolute atomic E-state index is 13.0. The van der Waals surface area contributed by atoms with Gasteiger partial charge in [0.05, 0.1) is 17.2 Å². The minimum atomic E-state index is -0.793. The number of benzene rings is 2. The lowest BCUT2D eigenvalue weighted by atomic mass is 9.82. The summed E-state index contributed by atoms with van der Waals surface area (Å²) in [6.07, 6.45) is 2.78. The highest BCUT2D eigenvalue weighted by Crippen LogP contribution is 2.50. The maximum atomic E-state index is 13.0. The largest absolute Gasteiger partial charge is 0.502 e. The molecule has 5 rings (SSSR count). The minimum absolute atomic E-state index is 0.0151. The van der Waals surface area contributed by atoms with Gasteiger partial charge in [0, 0.05) is 36.4 Å². The first-order valence-corrected chi connectivity index (χ1v) is 11.0. The number of carboxylic acids is 1. The highest BCUT2D eigenvalue weighted by molar-refractivity contribution is 6.00. The third-order valence-corrected chi connectivity index (χ3v) is 7.29. The number of fused-ring (bicyclic) bond motifs is 3. The van der Waals surface area contributed by atoms with Crippen molar-refractivity contribution >= 4 is 28.5 Å². The van der Waals surface area contributed by atoms with E-state index >= 15 is 0 Å². The van der Waals surface area contributed by atoms with Gasteiger partial charge < -0.3 is 15.1 Å². The van der Waals surface area contributed by atoms with E-state index in [0.717, 1.165) is 22.2 Å². The van der Waals surface area contributed by atoms with Crippen LogP contribution in [-0.4, -0.2) is 36.3 Å². The molecule has 0 spiro atoms. The fraction of sp³-hybridized carbons (Fsp3) is 0.346. The van der Waals surface area contributed by atoms with Crippen LogP contribution in [0.2, 0.25) is 0 Å². The summed E-state index contributed by atoms with van der Waals surface area (Å²) in [7, 11) is 2.01. The summed E-state index contributed by atoms with van der Waals surface area (Å²) in [4.78, 5) is 26.3.